The zero-order valence-corrected chi connectivity index (χ0v) is 19.3. The van der Waals surface area contributed by atoms with Gasteiger partial charge in [-0.25, -0.2) is 4.39 Å². The molecule has 1 aromatic heterocycles. The first-order valence-electron chi connectivity index (χ1n) is 9.81. The highest BCUT2D eigenvalue weighted by molar-refractivity contribution is 7.64. The van der Waals surface area contributed by atoms with E-state index in [0.29, 0.717) is 24.3 Å². The number of alkyl halides is 1. The molecule has 0 bridgehead atoms. The summed E-state index contributed by atoms with van der Waals surface area (Å²) < 4.78 is 28.1. The molecule has 1 amide bonds. The molecule has 1 aromatic carbocycles. The molecule has 1 aliphatic heterocycles. The first kappa shape index (κ1) is 22.7. The SMILES string of the molecule is CC=Nc1cc(N2C(=O)[C@H](N)C2[p+]2c(F)cc(NCCC(C)F)cc2P)ccc1C. The van der Waals surface area contributed by atoms with Crippen LogP contribution in [0.25, 0.3) is 0 Å². The second kappa shape index (κ2) is 9.47. The molecule has 160 valence electrons. The highest BCUT2D eigenvalue weighted by Crippen LogP contribution is 2.53. The Labute approximate surface area is 179 Å². The lowest BCUT2D eigenvalue weighted by Gasteiger charge is -2.40. The Balaban J connectivity index is 1.92. The van der Waals surface area contributed by atoms with E-state index >= 15 is 4.39 Å². The third-order valence-corrected chi connectivity index (χ3v) is 8.43. The summed E-state index contributed by atoms with van der Waals surface area (Å²) in [6.45, 7) is 5.68. The van der Waals surface area contributed by atoms with Crippen molar-refractivity contribution in [2.75, 3.05) is 16.8 Å². The molecule has 0 spiro atoms. The Morgan fingerprint density at radius 3 is 2.77 bits per heavy atom. The molecule has 3 N–H and O–H groups in total. The van der Waals surface area contributed by atoms with Gasteiger partial charge in [-0.1, -0.05) is 15.3 Å². The Bertz CT molecular complexity index is 960. The predicted octanol–water partition coefficient (Wildman–Crippen LogP) is 4.66. The number of nitrogens with zero attached hydrogens (tertiary/aromatic N) is 2. The molecule has 0 saturated carbocycles. The summed E-state index contributed by atoms with van der Waals surface area (Å²) in [5, 5.41) is 3.80. The van der Waals surface area contributed by atoms with Crippen LogP contribution < -0.4 is 21.0 Å². The van der Waals surface area contributed by atoms with Gasteiger partial charge in [0.15, 0.2) is 7.53 Å². The van der Waals surface area contributed by atoms with Gasteiger partial charge in [-0.2, -0.15) is 4.39 Å². The van der Waals surface area contributed by atoms with Crippen molar-refractivity contribution >= 4 is 51.0 Å². The number of amides is 1. The number of nitrogens with one attached hydrogen (secondary N) is 1. The van der Waals surface area contributed by atoms with E-state index < -0.39 is 25.5 Å². The maximum absolute atomic E-state index is 15.1. The highest BCUT2D eigenvalue weighted by atomic mass is 31.1. The zero-order valence-electron chi connectivity index (χ0n) is 17.3. The monoisotopic (exact) mass is 451 g/mol. The first-order valence-corrected chi connectivity index (χ1v) is 11.8. The van der Waals surface area contributed by atoms with Crippen molar-refractivity contribution in [3.8, 4) is 0 Å². The molecule has 5 nitrogen and oxygen atoms in total. The fraction of sp³-hybridized carbons (Fsp3) is 0.381. The highest BCUT2D eigenvalue weighted by Gasteiger charge is 2.55. The van der Waals surface area contributed by atoms with Crippen molar-refractivity contribution in [1.82, 2.24) is 0 Å². The van der Waals surface area contributed by atoms with Crippen LogP contribution in [-0.2, 0) is 4.79 Å². The van der Waals surface area contributed by atoms with Gasteiger partial charge in [0, 0.05) is 30.6 Å². The Hall–Kier alpha value is -1.94. The predicted molar refractivity (Wildman–Crippen MR) is 126 cm³/mol. The quantitative estimate of drug-likeness (QED) is 0.366. The summed E-state index contributed by atoms with van der Waals surface area (Å²) in [5.41, 5.74) is 8.82. The molecular formula is C21H27F2N4OP2+. The van der Waals surface area contributed by atoms with Crippen molar-refractivity contribution in [3.05, 3.63) is 41.4 Å². The van der Waals surface area contributed by atoms with Crippen LogP contribution in [0.15, 0.2) is 35.3 Å². The molecule has 1 aliphatic rings. The van der Waals surface area contributed by atoms with Crippen LogP contribution in [0.4, 0.5) is 25.8 Å². The van der Waals surface area contributed by atoms with Crippen LogP contribution in [0.1, 0.15) is 31.6 Å². The van der Waals surface area contributed by atoms with E-state index in [1.807, 2.05) is 38.1 Å². The van der Waals surface area contributed by atoms with Gasteiger partial charge in [0.2, 0.25) is 5.78 Å². The topological polar surface area (TPSA) is 70.7 Å². The van der Waals surface area contributed by atoms with E-state index in [-0.39, 0.29) is 11.5 Å². The van der Waals surface area contributed by atoms with Gasteiger partial charge in [0.25, 0.3) is 11.5 Å². The summed E-state index contributed by atoms with van der Waals surface area (Å²) in [7, 11) is 1.13. The second-order valence-corrected chi connectivity index (χ2v) is 10.7. The number of β-lactam (4-membered cyclic amide) rings is 1. The average Bonchev–Trinajstić information content (AvgIpc) is 2.68. The summed E-state index contributed by atoms with van der Waals surface area (Å²) in [5.74, 6) is -0.700. The number of aryl methyl sites for hydroxylation is 1. The second-order valence-electron chi connectivity index (χ2n) is 7.36. The molecule has 1 saturated heterocycles. The minimum atomic E-state index is -1.45. The molecule has 2 heterocycles. The van der Waals surface area contributed by atoms with Gasteiger partial charge in [-0.3, -0.25) is 14.7 Å². The van der Waals surface area contributed by atoms with Gasteiger partial charge in [0.1, 0.15) is 11.1 Å². The first-order chi connectivity index (χ1) is 14.2. The number of carbonyl (C=O) groups excluding carboxylic acids is 1. The number of aliphatic imine (C=N–C) groups is 1. The van der Waals surface area contributed by atoms with Gasteiger partial charge in [-0.05, 0) is 44.9 Å². The van der Waals surface area contributed by atoms with E-state index in [1.54, 1.807) is 11.1 Å². The van der Waals surface area contributed by atoms with Crippen molar-refractivity contribution in [1.29, 1.82) is 0 Å². The number of benzene rings is 1. The molecule has 3 rings (SSSR count). The Kier molecular flexibility index (Phi) is 7.18. The lowest BCUT2D eigenvalue weighted by atomic mass is 10.1. The number of anilines is 2. The largest absolute Gasteiger partial charge is 0.385 e. The number of nitrogens with two attached hydrogens (primary N) is 1. The molecule has 30 heavy (non-hydrogen) atoms. The van der Waals surface area contributed by atoms with E-state index in [1.165, 1.54) is 13.0 Å². The van der Waals surface area contributed by atoms with E-state index in [4.69, 9.17) is 5.73 Å². The number of carbonyl (C=O) groups is 1. The fourth-order valence-corrected chi connectivity index (χ4v) is 6.76. The molecule has 0 radical (unpaired) electrons. The van der Waals surface area contributed by atoms with Crippen LogP contribution in [0, 0.1) is 12.5 Å². The van der Waals surface area contributed by atoms with Gasteiger partial charge in [0.05, 0.1) is 17.5 Å². The van der Waals surface area contributed by atoms with Crippen molar-refractivity contribution in [2.24, 2.45) is 10.7 Å². The standard InChI is InChI=1S/C21H27F2N4OP2/c1-4-25-16-11-15(6-5-12(16)2)27-20(28)19(24)21(27)30-17(23)9-14(10-18(30)29)26-8-7-13(3)22/h4-6,9-11,13,19,21,26H,7-8,24,29H2,1-3H3/q+1/t13?,19-,21?/m0/s1. The Morgan fingerprint density at radius 1 is 1.40 bits per heavy atom. The molecule has 5 atom stereocenters. The van der Waals surface area contributed by atoms with Gasteiger partial charge in [-0.15, -0.1) is 0 Å². The minimum Gasteiger partial charge on any atom is -0.385 e. The maximum atomic E-state index is 15.1. The molecule has 0 aliphatic carbocycles. The van der Waals surface area contributed by atoms with Crippen molar-refractivity contribution in [2.45, 2.75) is 45.2 Å². The van der Waals surface area contributed by atoms with Crippen LogP contribution in [0.3, 0.4) is 0 Å². The Morgan fingerprint density at radius 2 is 2.13 bits per heavy atom. The molecule has 2 aromatic rings. The summed E-state index contributed by atoms with van der Waals surface area (Å²) in [6.07, 6.45) is 1.12. The van der Waals surface area contributed by atoms with Crippen LogP contribution in [0.5, 0.6) is 0 Å². The third-order valence-electron chi connectivity index (χ3n) is 5.07. The summed E-state index contributed by atoms with van der Waals surface area (Å²) in [6, 6.07) is 8.06. The van der Waals surface area contributed by atoms with Crippen molar-refractivity contribution < 1.29 is 13.6 Å². The zero-order chi connectivity index (χ0) is 22.0. The van der Waals surface area contributed by atoms with Crippen LogP contribution >= 0.6 is 16.8 Å². The molecule has 9 heteroatoms. The third kappa shape index (κ3) is 4.54. The van der Waals surface area contributed by atoms with E-state index in [9.17, 15) is 9.18 Å². The number of halogens is 2. The maximum Gasteiger partial charge on any atom is 0.298 e. The van der Waals surface area contributed by atoms with Crippen LogP contribution in [-0.4, -0.2) is 30.9 Å². The smallest absolute Gasteiger partial charge is 0.298 e. The van der Waals surface area contributed by atoms with Crippen LogP contribution in [0.2, 0.25) is 0 Å². The number of hydrogen-bond acceptors (Lipinski definition) is 4. The summed E-state index contributed by atoms with van der Waals surface area (Å²) in [4.78, 5) is 18.5. The summed E-state index contributed by atoms with van der Waals surface area (Å²) >= 11 is 0. The van der Waals surface area contributed by atoms with Crippen molar-refractivity contribution in [3.63, 3.8) is 0 Å². The van der Waals surface area contributed by atoms with Gasteiger partial charge >= 0.3 is 0 Å². The average molecular weight is 451 g/mol. The number of rotatable bonds is 7. The number of hydrogen-bond donors (Lipinski definition) is 2. The van der Waals surface area contributed by atoms with E-state index in [2.05, 4.69) is 19.5 Å². The molecular weight excluding hydrogens is 424 g/mol. The normalized spacial score (nSPS) is 20.4. The van der Waals surface area contributed by atoms with E-state index in [0.717, 1.165) is 16.3 Å². The lowest BCUT2D eigenvalue weighted by Crippen LogP contribution is -2.62. The molecule has 1 fully saturated rings. The lowest BCUT2D eigenvalue weighted by molar-refractivity contribution is -0.125. The molecule has 4 unspecified atom stereocenters. The fourth-order valence-electron chi connectivity index (χ4n) is 3.47. The van der Waals surface area contributed by atoms with Gasteiger partial charge < -0.3 is 11.1 Å². The minimum absolute atomic E-state index is 0.229.